The Morgan fingerprint density at radius 2 is 2.00 bits per heavy atom. The van der Waals surface area contributed by atoms with Crippen molar-refractivity contribution < 1.29 is 9.72 Å². The van der Waals surface area contributed by atoms with Crippen LogP contribution in [0, 0.1) is 17.0 Å². The normalized spacial score (nSPS) is 13.2. The molecule has 112 valence electrons. The second-order valence-electron chi connectivity index (χ2n) is 5.38. The fourth-order valence-electron chi connectivity index (χ4n) is 2.60. The van der Waals surface area contributed by atoms with Crippen molar-refractivity contribution >= 4 is 28.7 Å². The number of nitro benzene ring substituents is 1. The highest BCUT2D eigenvalue weighted by Gasteiger charge is 2.24. The molecule has 3 rings (SSSR count). The third-order valence-electron chi connectivity index (χ3n) is 3.79. The zero-order valence-electron chi connectivity index (χ0n) is 12.3. The van der Waals surface area contributed by atoms with Crippen LogP contribution < -0.4 is 10.2 Å². The summed E-state index contributed by atoms with van der Waals surface area (Å²) < 4.78 is 0. The molecule has 1 amide bonds. The van der Waals surface area contributed by atoms with Crippen molar-refractivity contribution in [1.29, 1.82) is 0 Å². The summed E-state index contributed by atoms with van der Waals surface area (Å²) in [6, 6.07) is 10.6. The number of benzene rings is 2. The number of amides is 1. The van der Waals surface area contributed by atoms with Crippen LogP contribution in [0.15, 0.2) is 36.4 Å². The van der Waals surface area contributed by atoms with Gasteiger partial charge in [0.15, 0.2) is 0 Å². The number of rotatable bonds is 3. The molecular weight excluding hydrogens is 282 g/mol. The summed E-state index contributed by atoms with van der Waals surface area (Å²) in [7, 11) is 1.74. The molecule has 0 aliphatic carbocycles. The van der Waals surface area contributed by atoms with Gasteiger partial charge < -0.3 is 10.2 Å². The van der Waals surface area contributed by atoms with Crippen LogP contribution in [0.25, 0.3) is 0 Å². The number of hydrogen-bond acceptors (Lipinski definition) is 4. The molecule has 0 radical (unpaired) electrons. The summed E-state index contributed by atoms with van der Waals surface area (Å²) in [5.41, 5.74) is 3.84. The predicted octanol–water partition coefficient (Wildman–Crippen LogP) is 3.17. The van der Waals surface area contributed by atoms with E-state index in [9.17, 15) is 14.9 Å². The van der Waals surface area contributed by atoms with Crippen molar-refractivity contribution in [2.45, 2.75) is 13.3 Å². The number of anilines is 3. The fourth-order valence-corrected chi connectivity index (χ4v) is 2.60. The summed E-state index contributed by atoms with van der Waals surface area (Å²) in [4.78, 5) is 24.1. The maximum atomic E-state index is 11.7. The molecule has 1 N–H and O–H groups in total. The number of likely N-dealkylation sites (N-methyl/N-ethyl adjacent to an activating group) is 1. The van der Waals surface area contributed by atoms with Crippen LogP contribution in [0.5, 0.6) is 0 Å². The molecule has 6 nitrogen and oxygen atoms in total. The third-order valence-corrected chi connectivity index (χ3v) is 3.79. The van der Waals surface area contributed by atoms with Gasteiger partial charge in [-0.05, 0) is 42.3 Å². The van der Waals surface area contributed by atoms with Gasteiger partial charge in [0.1, 0.15) is 5.69 Å². The second kappa shape index (κ2) is 5.14. The Hall–Kier alpha value is -2.89. The first kappa shape index (κ1) is 14.1. The molecule has 1 aliphatic heterocycles. The van der Waals surface area contributed by atoms with Crippen LogP contribution in [-0.2, 0) is 11.2 Å². The van der Waals surface area contributed by atoms with E-state index in [2.05, 4.69) is 5.32 Å². The molecule has 0 aromatic heterocycles. The van der Waals surface area contributed by atoms with Gasteiger partial charge in [-0.1, -0.05) is 6.07 Å². The predicted molar refractivity (Wildman–Crippen MR) is 84.7 cm³/mol. The van der Waals surface area contributed by atoms with E-state index in [-0.39, 0.29) is 11.6 Å². The number of hydrogen-bond donors (Lipinski definition) is 1. The highest BCUT2D eigenvalue weighted by atomic mass is 16.6. The molecule has 0 spiro atoms. The topological polar surface area (TPSA) is 75.5 Å². The number of nitrogens with zero attached hydrogens (tertiary/aromatic N) is 2. The lowest BCUT2D eigenvalue weighted by Gasteiger charge is -2.12. The Morgan fingerprint density at radius 1 is 1.23 bits per heavy atom. The molecule has 22 heavy (non-hydrogen) atoms. The smallest absolute Gasteiger partial charge is 0.292 e. The lowest BCUT2D eigenvalue weighted by Crippen LogP contribution is -2.20. The molecule has 2 aromatic rings. The molecule has 1 heterocycles. The van der Waals surface area contributed by atoms with Crippen molar-refractivity contribution in [2.75, 3.05) is 17.3 Å². The van der Waals surface area contributed by atoms with Crippen molar-refractivity contribution in [2.24, 2.45) is 0 Å². The standard InChI is InChI=1S/C16H15N3O3/c1-10-3-5-13(15(7-10)19(21)22)17-12-4-6-14-11(8-12)9-16(20)18(14)2/h3-8,17H,9H2,1-2H3. The van der Waals surface area contributed by atoms with Crippen LogP contribution in [0.4, 0.5) is 22.7 Å². The van der Waals surface area contributed by atoms with E-state index in [4.69, 9.17) is 0 Å². The number of nitrogens with one attached hydrogen (secondary N) is 1. The number of aryl methyl sites for hydroxylation is 1. The molecule has 0 bridgehead atoms. The SMILES string of the molecule is Cc1ccc(Nc2ccc3c(c2)CC(=O)N3C)c([N+](=O)[O-])c1. The molecule has 0 atom stereocenters. The van der Waals surface area contributed by atoms with Gasteiger partial charge in [-0.25, -0.2) is 0 Å². The van der Waals surface area contributed by atoms with Crippen LogP contribution in [0.1, 0.15) is 11.1 Å². The first-order chi connectivity index (χ1) is 10.5. The monoisotopic (exact) mass is 297 g/mol. The van der Waals surface area contributed by atoms with Crippen molar-refractivity contribution in [3.05, 3.63) is 57.6 Å². The van der Waals surface area contributed by atoms with E-state index in [0.29, 0.717) is 12.1 Å². The molecule has 0 saturated carbocycles. The first-order valence-electron chi connectivity index (χ1n) is 6.87. The third kappa shape index (κ3) is 2.39. The minimum Gasteiger partial charge on any atom is -0.350 e. The van der Waals surface area contributed by atoms with Gasteiger partial charge in [0.2, 0.25) is 5.91 Å². The van der Waals surface area contributed by atoms with E-state index < -0.39 is 4.92 Å². The zero-order valence-corrected chi connectivity index (χ0v) is 12.3. The van der Waals surface area contributed by atoms with Gasteiger partial charge in [0, 0.05) is 24.5 Å². The second-order valence-corrected chi connectivity index (χ2v) is 5.38. The first-order valence-corrected chi connectivity index (χ1v) is 6.87. The Balaban J connectivity index is 1.94. The maximum absolute atomic E-state index is 11.7. The maximum Gasteiger partial charge on any atom is 0.292 e. The number of nitro groups is 1. The highest BCUT2D eigenvalue weighted by molar-refractivity contribution is 6.01. The van der Waals surface area contributed by atoms with Crippen molar-refractivity contribution in [3.63, 3.8) is 0 Å². The molecule has 6 heteroatoms. The van der Waals surface area contributed by atoms with Gasteiger partial charge in [0.25, 0.3) is 5.69 Å². The molecule has 2 aromatic carbocycles. The Labute approximate surface area is 127 Å². The average Bonchev–Trinajstić information content (AvgIpc) is 2.75. The Bertz CT molecular complexity index is 786. The van der Waals surface area contributed by atoms with Crippen LogP contribution >= 0.6 is 0 Å². The van der Waals surface area contributed by atoms with E-state index in [1.807, 2.05) is 31.2 Å². The summed E-state index contributed by atoms with van der Waals surface area (Å²) in [5, 5.41) is 14.2. The lowest BCUT2D eigenvalue weighted by atomic mass is 10.1. The molecule has 0 fully saturated rings. The summed E-state index contributed by atoms with van der Waals surface area (Å²) >= 11 is 0. The largest absolute Gasteiger partial charge is 0.350 e. The van der Waals surface area contributed by atoms with Crippen LogP contribution in [0.3, 0.4) is 0 Å². The fraction of sp³-hybridized carbons (Fsp3) is 0.188. The molecule has 0 unspecified atom stereocenters. The van der Waals surface area contributed by atoms with Gasteiger partial charge in [0.05, 0.1) is 11.3 Å². The van der Waals surface area contributed by atoms with Crippen molar-refractivity contribution in [3.8, 4) is 0 Å². The number of fused-ring (bicyclic) bond motifs is 1. The minimum absolute atomic E-state index is 0.0358. The Kier molecular flexibility index (Phi) is 3.29. The quantitative estimate of drug-likeness (QED) is 0.697. The minimum atomic E-state index is -0.403. The number of carbonyl (C=O) groups excluding carboxylic acids is 1. The molecule has 0 saturated heterocycles. The zero-order chi connectivity index (χ0) is 15.9. The summed E-state index contributed by atoms with van der Waals surface area (Å²) in [6.07, 6.45) is 0.358. The molecular formula is C16H15N3O3. The number of carbonyl (C=O) groups is 1. The summed E-state index contributed by atoms with van der Waals surface area (Å²) in [5.74, 6) is 0.0495. The Morgan fingerprint density at radius 3 is 2.73 bits per heavy atom. The average molecular weight is 297 g/mol. The highest BCUT2D eigenvalue weighted by Crippen LogP contribution is 2.33. The van der Waals surface area contributed by atoms with Crippen LogP contribution in [-0.4, -0.2) is 17.9 Å². The van der Waals surface area contributed by atoms with E-state index in [1.54, 1.807) is 18.0 Å². The van der Waals surface area contributed by atoms with Crippen molar-refractivity contribution in [1.82, 2.24) is 0 Å². The van der Waals surface area contributed by atoms with Crippen LogP contribution in [0.2, 0.25) is 0 Å². The van der Waals surface area contributed by atoms with E-state index in [1.165, 1.54) is 6.07 Å². The van der Waals surface area contributed by atoms with Gasteiger partial charge in [-0.15, -0.1) is 0 Å². The van der Waals surface area contributed by atoms with E-state index in [0.717, 1.165) is 22.5 Å². The van der Waals surface area contributed by atoms with E-state index >= 15 is 0 Å². The van der Waals surface area contributed by atoms with Gasteiger partial charge in [-0.2, -0.15) is 0 Å². The lowest BCUT2D eigenvalue weighted by molar-refractivity contribution is -0.384. The van der Waals surface area contributed by atoms with Gasteiger partial charge >= 0.3 is 0 Å². The molecule has 1 aliphatic rings. The van der Waals surface area contributed by atoms with Gasteiger partial charge in [-0.3, -0.25) is 14.9 Å². The summed E-state index contributed by atoms with van der Waals surface area (Å²) in [6.45, 7) is 1.81.